The van der Waals surface area contributed by atoms with E-state index in [1.165, 1.54) is 12.1 Å². The van der Waals surface area contributed by atoms with Crippen LogP contribution in [0.25, 0.3) is 0 Å². The molecular formula is C27H41NO8. The Morgan fingerprint density at radius 2 is 1.39 bits per heavy atom. The van der Waals surface area contributed by atoms with Gasteiger partial charge in [-0.15, -0.1) is 0 Å². The summed E-state index contributed by atoms with van der Waals surface area (Å²) in [6.07, 6.45) is 0.0419. The number of carbonyl (C=O) groups is 4. The molecule has 0 heterocycles. The molecule has 9 nitrogen and oxygen atoms in total. The van der Waals surface area contributed by atoms with E-state index in [4.69, 9.17) is 24.7 Å². The lowest BCUT2D eigenvalue weighted by Crippen LogP contribution is -2.36. The molecule has 0 aliphatic rings. The summed E-state index contributed by atoms with van der Waals surface area (Å²) in [5.74, 6) is -1.81. The Labute approximate surface area is 214 Å². The van der Waals surface area contributed by atoms with E-state index in [9.17, 15) is 19.2 Å². The zero-order valence-electron chi connectivity index (χ0n) is 22.8. The summed E-state index contributed by atoms with van der Waals surface area (Å²) in [6.45, 7) is 14.6. The summed E-state index contributed by atoms with van der Waals surface area (Å²) in [5.41, 5.74) is 6.02. The summed E-state index contributed by atoms with van der Waals surface area (Å²) < 4.78 is 21.2. The van der Waals surface area contributed by atoms with Crippen molar-refractivity contribution in [1.82, 2.24) is 0 Å². The number of benzene rings is 1. The molecule has 202 valence electrons. The molecule has 2 atom stereocenters. The van der Waals surface area contributed by atoms with Crippen LogP contribution >= 0.6 is 0 Å². The van der Waals surface area contributed by atoms with Crippen molar-refractivity contribution >= 4 is 23.9 Å². The predicted molar refractivity (Wildman–Crippen MR) is 134 cm³/mol. The second kappa shape index (κ2) is 13.4. The molecule has 1 aromatic rings. The third kappa shape index (κ3) is 12.7. The molecule has 0 saturated heterocycles. The lowest BCUT2D eigenvalue weighted by Gasteiger charge is -2.20. The first-order chi connectivity index (χ1) is 16.5. The largest absolute Gasteiger partial charge is 0.461 e. The molecule has 0 aromatic heterocycles. The highest BCUT2D eigenvalue weighted by atomic mass is 16.6. The molecular weight excluding hydrogens is 466 g/mol. The van der Waals surface area contributed by atoms with Crippen molar-refractivity contribution in [3.63, 3.8) is 0 Å². The van der Waals surface area contributed by atoms with E-state index in [1.807, 2.05) is 41.5 Å². The van der Waals surface area contributed by atoms with Crippen molar-refractivity contribution in [2.45, 2.75) is 93.2 Å². The number of carbonyl (C=O) groups excluding carboxylic acids is 4. The molecule has 0 bridgehead atoms. The first-order valence-electron chi connectivity index (χ1n) is 12.1. The van der Waals surface area contributed by atoms with Gasteiger partial charge in [0, 0.05) is 6.42 Å². The Bertz CT molecular complexity index is 927. The smallest absolute Gasteiger partial charge is 0.323 e. The maximum atomic E-state index is 12.5. The number of hydrogen-bond acceptors (Lipinski definition) is 9. The molecule has 36 heavy (non-hydrogen) atoms. The first-order valence-corrected chi connectivity index (χ1v) is 12.1. The second-order valence-electron chi connectivity index (χ2n) is 11.3. The van der Waals surface area contributed by atoms with Gasteiger partial charge in [-0.25, -0.2) is 0 Å². The van der Waals surface area contributed by atoms with Gasteiger partial charge in [0.15, 0.2) is 11.5 Å². The maximum absolute atomic E-state index is 12.5. The average molecular weight is 508 g/mol. The van der Waals surface area contributed by atoms with Gasteiger partial charge in [0.05, 0.1) is 12.8 Å². The zero-order chi connectivity index (χ0) is 27.7. The van der Waals surface area contributed by atoms with Crippen LogP contribution in [0, 0.1) is 10.8 Å². The SMILES string of the molecule is CCC(=O)O[C@@H](C)COC(=O)[C@@H](N)Cc1ccc(OC(=O)CC(C)(C)C)c(OC(=O)CC(C)(C)C)c1. The summed E-state index contributed by atoms with van der Waals surface area (Å²) in [5, 5.41) is 0. The Morgan fingerprint density at radius 1 is 0.861 bits per heavy atom. The minimum Gasteiger partial charge on any atom is -0.461 e. The maximum Gasteiger partial charge on any atom is 0.323 e. The van der Waals surface area contributed by atoms with E-state index in [2.05, 4.69) is 0 Å². The highest BCUT2D eigenvalue weighted by Crippen LogP contribution is 2.32. The second-order valence-corrected chi connectivity index (χ2v) is 11.3. The standard InChI is InChI=1S/C27H41NO8/c1-9-22(29)34-17(2)16-33-25(32)19(28)12-18-10-11-20(35-23(30)14-26(3,4)5)21(13-18)36-24(31)15-27(6,7)8/h10-11,13,17,19H,9,12,14-16,28H2,1-8H3/t17-,19-/m0/s1. The molecule has 0 aliphatic heterocycles. The molecule has 0 saturated carbocycles. The topological polar surface area (TPSA) is 131 Å². The van der Waals surface area contributed by atoms with Crippen molar-refractivity contribution in [3.05, 3.63) is 23.8 Å². The molecule has 1 rings (SSSR count). The first kappa shape index (κ1) is 31.1. The number of esters is 4. The van der Waals surface area contributed by atoms with Crippen LogP contribution in [0.2, 0.25) is 0 Å². The fraction of sp³-hybridized carbons (Fsp3) is 0.630. The predicted octanol–water partition coefficient (Wildman–Crippen LogP) is 4.12. The van der Waals surface area contributed by atoms with Gasteiger partial charge >= 0.3 is 23.9 Å². The van der Waals surface area contributed by atoms with Gasteiger partial charge in [0.25, 0.3) is 0 Å². The van der Waals surface area contributed by atoms with Gasteiger partial charge < -0.3 is 24.7 Å². The summed E-state index contributed by atoms with van der Waals surface area (Å²) >= 11 is 0. The molecule has 9 heteroatoms. The molecule has 1 aromatic carbocycles. The fourth-order valence-corrected chi connectivity index (χ4v) is 3.01. The summed E-state index contributed by atoms with van der Waals surface area (Å²) in [4.78, 5) is 48.5. The van der Waals surface area contributed by atoms with Gasteiger partial charge in [-0.05, 0) is 41.9 Å². The van der Waals surface area contributed by atoms with Crippen LogP contribution in [0.15, 0.2) is 18.2 Å². The molecule has 0 aliphatic carbocycles. The van der Waals surface area contributed by atoms with Crippen molar-refractivity contribution in [2.24, 2.45) is 16.6 Å². The van der Waals surface area contributed by atoms with Crippen LogP contribution in [0.3, 0.4) is 0 Å². The molecule has 2 N–H and O–H groups in total. The number of rotatable bonds is 11. The minimum absolute atomic E-state index is 0.0738. The third-order valence-electron chi connectivity index (χ3n) is 4.65. The molecule has 0 amide bonds. The molecule has 0 fully saturated rings. The number of hydrogen-bond donors (Lipinski definition) is 1. The van der Waals surface area contributed by atoms with Crippen molar-refractivity contribution in [1.29, 1.82) is 0 Å². The summed E-state index contributed by atoms with van der Waals surface area (Å²) in [7, 11) is 0. The van der Waals surface area contributed by atoms with Crippen LogP contribution in [0.4, 0.5) is 0 Å². The lowest BCUT2D eigenvalue weighted by atomic mass is 9.92. The summed E-state index contributed by atoms with van der Waals surface area (Å²) in [6, 6.07) is 3.67. The third-order valence-corrected chi connectivity index (χ3v) is 4.65. The van der Waals surface area contributed by atoms with Gasteiger partial charge in [0.1, 0.15) is 18.8 Å². The number of ether oxygens (including phenoxy) is 4. The van der Waals surface area contributed by atoms with Crippen LogP contribution in [0.1, 0.15) is 80.2 Å². The molecule has 0 unspecified atom stereocenters. The van der Waals surface area contributed by atoms with Crippen LogP contribution in [0.5, 0.6) is 11.5 Å². The van der Waals surface area contributed by atoms with Crippen LogP contribution in [-0.4, -0.2) is 42.6 Å². The monoisotopic (exact) mass is 507 g/mol. The Hall–Kier alpha value is -2.94. The van der Waals surface area contributed by atoms with E-state index in [0.717, 1.165) is 0 Å². The van der Waals surface area contributed by atoms with E-state index >= 15 is 0 Å². The Morgan fingerprint density at radius 3 is 1.89 bits per heavy atom. The molecule has 0 spiro atoms. The van der Waals surface area contributed by atoms with Gasteiger partial charge in [-0.2, -0.15) is 0 Å². The quantitative estimate of drug-likeness (QED) is 0.347. The van der Waals surface area contributed by atoms with Crippen molar-refractivity contribution < 1.29 is 38.1 Å². The Balaban J connectivity index is 2.97. The van der Waals surface area contributed by atoms with Gasteiger partial charge in [-0.3, -0.25) is 19.2 Å². The average Bonchev–Trinajstić information content (AvgIpc) is 2.70. The van der Waals surface area contributed by atoms with Gasteiger partial charge in [-0.1, -0.05) is 54.5 Å². The van der Waals surface area contributed by atoms with Crippen LogP contribution in [-0.2, 0) is 35.1 Å². The highest BCUT2D eigenvalue weighted by Gasteiger charge is 2.24. The van der Waals surface area contributed by atoms with Crippen molar-refractivity contribution in [2.75, 3.05) is 6.61 Å². The van der Waals surface area contributed by atoms with Crippen molar-refractivity contribution in [3.8, 4) is 11.5 Å². The molecule has 0 radical (unpaired) electrons. The van der Waals surface area contributed by atoms with E-state index in [1.54, 1.807) is 19.9 Å². The minimum atomic E-state index is -1.01. The lowest BCUT2D eigenvalue weighted by molar-refractivity contribution is -0.158. The van der Waals surface area contributed by atoms with Gasteiger partial charge in [0.2, 0.25) is 0 Å². The normalized spacial score (nSPS) is 13.4. The van der Waals surface area contributed by atoms with Crippen LogP contribution < -0.4 is 15.2 Å². The van der Waals surface area contributed by atoms with E-state index < -0.39 is 30.1 Å². The highest BCUT2D eigenvalue weighted by molar-refractivity contribution is 5.78. The fourth-order valence-electron chi connectivity index (χ4n) is 3.01. The van der Waals surface area contributed by atoms with E-state index in [0.29, 0.717) is 5.56 Å². The zero-order valence-corrected chi connectivity index (χ0v) is 22.8. The van der Waals surface area contributed by atoms with E-state index in [-0.39, 0.29) is 60.6 Å². The Kier molecular flexibility index (Phi) is 11.6. The number of nitrogens with two attached hydrogens (primary N) is 1.